The zero-order chi connectivity index (χ0) is 21.6. The highest BCUT2D eigenvalue weighted by molar-refractivity contribution is 7.91. The maximum Gasteiger partial charge on any atom is 0.210 e. The first kappa shape index (κ1) is 20.4. The summed E-state index contributed by atoms with van der Waals surface area (Å²) in [6.07, 6.45) is 3.61. The van der Waals surface area contributed by atoms with Gasteiger partial charge in [0.25, 0.3) is 0 Å². The van der Waals surface area contributed by atoms with Gasteiger partial charge in [0.05, 0.1) is 16.1 Å². The molecule has 3 heterocycles. The average Bonchev–Trinajstić information content (AvgIpc) is 2.77. The number of hydrogen-bond donors (Lipinski definition) is 0. The van der Waals surface area contributed by atoms with Gasteiger partial charge in [-0.2, -0.15) is 0 Å². The molecule has 0 N–H and O–H groups in total. The maximum absolute atomic E-state index is 13.7. The Morgan fingerprint density at radius 2 is 1.81 bits per heavy atom. The Morgan fingerprint density at radius 1 is 1.10 bits per heavy atom. The smallest absolute Gasteiger partial charge is 0.210 e. The summed E-state index contributed by atoms with van der Waals surface area (Å²) in [7, 11) is -3.80. The number of anilines is 1. The van der Waals surface area contributed by atoms with Gasteiger partial charge >= 0.3 is 0 Å². The summed E-state index contributed by atoms with van der Waals surface area (Å²) >= 11 is 5.98. The number of aromatic nitrogens is 1. The van der Waals surface area contributed by atoms with Crippen LogP contribution >= 0.6 is 11.6 Å². The van der Waals surface area contributed by atoms with Crippen molar-refractivity contribution < 1.29 is 17.9 Å². The van der Waals surface area contributed by atoms with E-state index in [4.69, 9.17) is 21.1 Å². The topological polar surface area (TPSA) is 68.7 Å². The molecule has 0 radical (unpaired) electrons. The summed E-state index contributed by atoms with van der Waals surface area (Å²) in [5, 5.41) is 1.25. The van der Waals surface area contributed by atoms with Crippen LogP contribution in [0.5, 0.6) is 11.5 Å². The number of fused-ring (bicyclic) bond motifs is 2. The lowest BCUT2D eigenvalue weighted by molar-refractivity contribution is 0.172. The van der Waals surface area contributed by atoms with Crippen molar-refractivity contribution in [3.05, 3.63) is 47.6 Å². The molecular weight excluding hydrogens is 436 g/mol. The van der Waals surface area contributed by atoms with E-state index >= 15 is 0 Å². The average molecular weight is 459 g/mol. The van der Waals surface area contributed by atoms with Gasteiger partial charge in [-0.3, -0.25) is 4.98 Å². The minimum absolute atomic E-state index is 0.196. The molecule has 2 aliphatic rings. The van der Waals surface area contributed by atoms with Crippen LogP contribution in [-0.4, -0.2) is 39.7 Å². The normalized spacial score (nSPS) is 18.9. The predicted octanol–water partition coefficient (Wildman–Crippen LogP) is 4.73. The summed E-state index contributed by atoms with van der Waals surface area (Å²) in [5.41, 5.74) is 1.37. The van der Waals surface area contributed by atoms with Gasteiger partial charge in [-0.1, -0.05) is 18.5 Å². The molecule has 0 saturated carbocycles. The standard InChI is InChI=1S/C23H23ClN2O4S/c1-15-3-2-8-26(14-15)23-18-11-20-21(30-10-9-29-20)12-19(18)25-13-22(23)31(27,28)17-6-4-16(24)5-7-17/h4-7,11-13,15H,2-3,8-10,14H2,1H3/t15-/m1/s1. The van der Waals surface area contributed by atoms with Crippen molar-refractivity contribution in [1.82, 2.24) is 4.98 Å². The lowest BCUT2D eigenvalue weighted by atomic mass is 9.99. The number of hydrogen-bond acceptors (Lipinski definition) is 6. The van der Waals surface area contributed by atoms with Crippen molar-refractivity contribution >= 4 is 38.0 Å². The van der Waals surface area contributed by atoms with Crippen LogP contribution < -0.4 is 14.4 Å². The number of sulfone groups is 1. The Labute approximate surface area is 186 Å². The number of pyridine rings is 1. The lowest BCUT2D eigenvalue weighted by Gasteiger charge is -2.35. The lowest BCUT2D eigenvalue weighted by Crippen LogP contribution is -2.35. The molecule has 3 aromatic rings. The van der Waals surface area contributed by atoms with Gasteiger partial charge in [0, 0.05) is 35.8 Å². The van der Waals surface area contributed by atoms with Crippen LogP contribution in [0.1, 0.15) is 19.8 Å². The molecule has 6 nitrogen and oxygen atoms in total. The van der Waals surface area contributed by atoms with E-state index in [1.54, 1.807) is 12.1 Å². The molecule has 0 bridgehead atoms. The Balaban J connectivity index is 1.75. The second-order valence-corrected chi connectivity index (χ2v) is 10.5. The van der Waals surface area contributed by atoms with Crippen LogP contribution in [0.15, 0.2) is 52.4 Å². The fourth-order valence-corrected chi connectivity index (χ4v) is 5.91. The first-order valence-electron chi connectivity index (χ1n) is 10.4. The largest absolute Gasteiger partial charge is 0.486 e. The molecule has 5 rings (SSSR count). The fourth-order valence-electron chi connectivity index (χ4n) is 4.35. The predicted molar refractivity (Wildman–Crippen MR) is 120 cm³/mol. The highest BCUT2D eigenvalue weighted by Gasteiger charge is 2.30. The van der Waals surface area contributed by atoms with Crippen LogP contribution in [0, 0.1) is 5.92 Å². The third kappa shape index (κ3) is 3.70. The molecule has 0 amide bonds. The molecule has 0 unspecified atom stereocenters. The van der Waals surface area contributed by atoms with Gasteiger partial charge in [0.15, 0.2) is 11.5 Å². The molecule has 8 heteroatoms. The van der Waals surface area contributed by atoms with Gasteiger partial charge in [0.1, 0.15) is 18.1 Å². The van der Waals surface area contributed by atoms with Gasteiger partial charge in [-0.05, 0) is 49.1 Å². The third-order valence-corrected chi connectivity index (χ3v) is 7.88. The van der Waals surface area contributed by atoms with Crippen LogP contribution in [0.25, 0.3) is 10.9 Å². The molecular formula is C23H23ClN2O4S. The minimum atomic E-state index is -3.80. The molecule has 1 aromatic heterocycles. The van der Waals surface area contributed by atoms with Crippen LogP contribution in [-0.2, 0) is 9.84 Å². The van der Waals surface area contributed by atoms with Crippen molar-refractivity contribution in [2.45, 2.75) is 29.6 Å². The zero-order valence-corrected chi connectivity index (χ0v) is 18.7. The summed E-state index contributed by atoms with van der Waals surface area (Å²) < 4.78 is 38.8. The van der Waals surface area contributed by atoms with E-state index in [0.717, 1.165) is 31.3 Å². The molecule has 1 fully saturated rings. The first-order valence-corrected chi connectivity index (χ1v) is 12.3. The quantitative estimate of drug-likeness (QED) is 0.565. The molecule has 31 heavy (non-hydrogen) atoms. The van der Waals surface area contributed by atoms with Crippen molar-refractivity contribution in [1.29, 1.82) is 0 Å². The van der Waals surface area contributed by atoms with Crippen molar-refractivity contribution in [3.8, 4) is 11.5 Å². The summed E-state index contributed by atoms with van der Waals surface area (Å²) in [4.78, 5) is 7.08. The van der Waals surface area contributed by atoms with E-state index in [0.29, 0.717) is 46.9 Å². The third-order valence-electron chi connectivity index (χ3n) is 5.86. The maximum atomic E-state index is 13.7. The monoisotopic (exact) mass is 458 g/mol. The SMILES string of the molecule is C[C@@H]1CCCN(c2c(S(=O)(=O)c3ccc(Cl)cc3)cnc3cc4c(cc23)OCCO4)C1. The van der Waals surface area contributed by atoms with E-state index < -0.39 is 9.84 Å². The van der Waals surface area contributed by atoms with E-state index in [9.17, 15) is 8.42 Å². The second kappa shape index (κ2) is 7.88. The number of ether oxygens (including phenoxy) is 2. The van der Waals surface area contributed by atoms with E-state index in [1.807, 2.05) is 12.1 Å². The Morgan fingerprint density at radius 3 is 2.52 bits per heavy atom. The second-order valence-electron chi connectivity index (χ2n) is 8.13. The van der Waals surface area contributed by atoms with Gasteiger partial charge in [0.2, 0.25) is 9.84 Å². The Kier molecular flexibility index (Phi) is 5.18. The molecule has 0 aliphatic carbocycles. The Hall–Kier alpha value is -2.51. The zero-order valence-electron chi connectivity index (χ0n) is 17.2. The van der Waals surface area contributed by atoms with Crippen LogP contribution in [0.4, 0.5) is 5.69 Å². The molecule has 2 aromatic carbocycles. The van der Waals surface area contributed by atoms with Crippen molar-refractivity contribution in [2.24, 2.45) is 5.92 Å². The minimum Gasteiger partial charge on any atom is -0.486 e. The molecule has 162 valence electrons. The van der Waals surface area contributed by atoms with E-state index in [2.05, 4.69) is 16.8 Å². The van der Waals surface area contributed by atoms with Crippen LogP contribution in [0.3, 0.4) is 0 Å². The number of nitrogens with zero attached hydrogens (tertiary/aromatic N) is 2. The van der Waals surface area contributed by atoms with Crippen molar-refractivity contribution in [3.63, 3.8) is 0 Å². The van der Waals surface area contributed by atoms with E-state index in [1.165, 1.54) is 18.3 Å². The van der Waals surface area contributed by atoms with Gasteiger partial charge in [-0.25, -0.2) is 8.42 Å². The molecule has 0 spiro atoms. The number of halogens is 1. The van der Waals surface area contributed by atoms with E-state index in [-0.39, 0.29) is 9.79 Å². The van der Waals surface area contributed by atoms with Crippen LogP contribution in [0.2, 0.25) is 5.02 Å². The number of rotatable bonds is 3. The number of benzene rings is 2. The molecule has 2 aliphatic heterocycles. The van der Waals surface area contributed by atoms with Gasteiger partial charge < -0.3 is 14.4 Å². The highest BCUT2D eigenvalue weighted by Crippen LogP contribution is 2.42. The van der Waals surface area contributed by atoms with Crippen molar-refractivity contribution in [2.75, 3.05) is 31.2 Å². The molecule has 1 saturated heterocycles. The first-order chi connectivity index (χ1) is 14.9. The molecule has 1 atom stereocenters. The van der Waals surface area contributed by atoms with Gasteiger partial charge in [-0.15, -0.1) is 0 Å². The highest BCUT2D eigenvalue weighted by atomic mass is 35.5. The summed E-state index contributed by atoms with van der Waals surface area (Å²) in [5.74, 6) is 1.73. The summed E-state index contributed by atoms with van der Waals surface area (Å²) in [6.45, 7) is 4.72. The Bertz CT molecular complexity index is 1240. The fraction of sp³-hybridized carbons (Fsp3) is 0.348. The summed E-state index contributed by atoms with van der Waals surface area (Å²) in [6, 6.07) is 9.95. The number of piperidine rings is 1.